The average Bonchev–Trinajstić information content (AvgIpc) is 3.18. The van der Waals surface area contributed by atoms with Gasteiger partial charge in [-0.1, -0.05) is 17.7 Å². The van der Waals surface area contributed by atoms with Gasteiger partial charge in [0, 0.05) is 23.2 Å². The van der Waals surface area contributed by atoms with Crippen molar-refractivity contribution < 1.29 is 9.53 Å². The van der Waals surface area contributed by atoms with E-state index in [1.54, 1.807) is 13.2 Å². The van der Waals surface area contributed by atoms with Crippen molar-refractivity contribution in [3.63, 3.8) is 0 Å². The van der Waals surface area contributed by atoms with Crippen LogP contribution in [0, 0.1) is 0 Å². The van der Waals surface area contributed by atoms with Gasteiger partial charge in [0.2, 0.25) is 5.91 Å². The first-order valence-corrected chi connectivity index (χ1v) is 6.40. The Balaban J connectivity index is 1.86. The van der Waals surface area contributed by atoms with E-state index in [4.69, 9.17) is 16.3 Å². The fourth-order valence-electron chi connectivity index (χ4n) is 1.68. The molecule has 1 aromatic rings. The van der Waals surface area contributed by atoms with Crippen LogP contribution < -0.4 is 15.4 Å². The molecule has 5 heteroatoms. The van der Waals surface area contributed by atoms with Crippen molar-refractivity contribution >= 4 is 17.5 Å². The lowest BCUT2D eigenvalue weighted by Crippen LogP contribution is -2.34. The van der Waals surface area contributed by atoms with Gasteiger partial charge >= 0.3 is 0 Å². The third-order valence-electron chi connectivity index (χ3n) is 2.89. The first-order valence-electron chi connectivity index (χ1n) is 6.02. The molecule has 1 aliphatic carbocycles. The van der Waals surface area contributed by atoms with Crippen molar-refractivity contribution in [2.75, 3.05) is 13.7 Å². The lowest BCUT2D eigenvalue weighted by molar-refractivity contribution is -0.120. The maximum absolute atomic E-state index is 11.6. The van der Waals surface area contributed by atoms with E-state index in [1.807, 2.05) is 12.1 Å². The molecule has 1 aromatic carbocycles. The molecule has 0 heterocycles. The second kappa shape index (κ2) is 6.07. The van der Waals surface area contributed by atoms with Crippen LogP contribution in [0.1, 0.15) is 18.4 Å². The molecule has 0 radical (unpaired) electrons. The van der Waals surface area contributed by atoms with Gasteiger partial charge in [-0.15, -0.1) is 0 Å². The molecule has 1 saturated carbocycles. The monoisotopic (exact) mass is 268 g/mol. The molecule has 2 N–H and O–H groups in total. The third kappa shape index (κ3) is 3.62. The molecular weight excluding hydrogens is 252 g/mol. The van der Waals surface area contributed by atoms with Crippen LogP contribution in [0.15, 0.2) is 18.2 Å². The third-order valence-corrected chi connectivity index (χ3v) is 3.24. The van der Waals surface area contributed by atoms with Gasteiger partial charge in [-0.25, -0.2) is 0 Å². The van der Waals surface area contributed by atoms with Crippen LogP contribution in [0.25, 0.3) is 0 Å². The van der Waals surface area contributed by atoms with E-state index >= 15 is 0 Å². The number of hydrogen-bond donors (Lipinski definition) is 2. The standard InChI is InChI=1S/C13H17ClN2O2/c1-18-12-4-2-3-11(14)10(12)7-16-13(17)8-15-9-5-6-9/h2-4,9,15H,5-8H2,1H3,(H,16,17). The summed E-state index contributed by atoms with van der Waals surface area (Å²) in [5.41, 5.74) is 0.807. The number of methoxy groups -OCH3 is 1. The Bertz CT molecular complexity index is 433. The van der Waals surface area contributed by atoms with E-state index in [0.29, 0.717) is 29.9 Å². The molecule has 1 amide bonds. The molecule has 0 aliphatic heterocycles. The highest BCUT2D eigenvalue weighted by molar-refractivity contribution is 6.31. The van der Waals surface area contributed by atoms with Crippen LogP contribution in [0.2, 0.25) is 5.02 Å². The fourth-order valence-corrected chi connectivity index (χ4v) is 1.91. The van der Waals surface area contributed by atoms with Gasteiger partial charge < -0.3 is 15.4 Å². The number of rotatable bonds is 6. The number of amides is 1. The average molecular weight is 269 g/mol. The molecule has 1 fully saturated rings. The summed E-state index contributed by atoms with van der Waals surface area (Å²) in [6, 6.07) is 5.97. The van der Waals surface area contributed by atoms with Crippen LogP contribution >= 0.6 is 11.6 Å². The summed E-state index contributed by atoms with van der Waals surface area (Å²) in [6.07, 6.45) is 2.34. The van der Waals surface area contributed by atoms with Crippen molar-refractivity contribution in [3.8, 4) is 5.75 Å². The second-order valence-electron chi connectivity index (χ2n) is 4.35. The summed E-state index contributed by atoms with van der Waals surface area (Å²) in [5, 5.41) is 6.59. The van der Waals surface area contributed by atoms with Crippen LogP contribution in [0.3, 0.4) is 0 Å². The van der Waals surface area contributed by atoms with E-state index in [-0.39, 0.29) is 5.91 Å². The Morgan fingerprint density at radius 1 is 1.50 bits per heavy atom. The van der Waals surface area contributed by atoms with Crippen LogP contribution in [0.5, 0.6) is 5.75 Å². The van der Waals surface area contributed by atoms with Crippen molar-refractivity contribution in [3.05, 3.63) is 28.8 Å². The molecule has 4 nitrogen and oxygen atoms in total. The highest BCUT2D eigenvalue weighted by atomic mass is 35.5. The number of hydrogen-bond acceptors (Lipinski definition) is 3. The minimum atomic E-state index is -0.0242. The van der Waals surface area contributed by atoms with E-state index < -0.39 is 0 Å². The topological polar surface area (TPSA) is 50.4 Å². The molecule has 0 saturated heterocycles. The summed E-state index contributed by atoms with van der Waals surface area (Å²) in [7, 11) is 1.59. The van der Waals surface area contributed by atoms with Gasteiger partial charge in [-0.2, -0.15) is 0 Å². The van der Waals surface area contributed by atoms with Crippen molar-refractivity contribution in [1.82, 2.24) is 10.6 Å². The SMILES string of the molecule is COc1cccc(Cl)c1CNC(=O)CNC1CC1. The Labute approximate surface area is 112 Å². The Morgan fingerprint density at radius 2 is 2.28 bits per heavy atom. The first kappa shape index (κ1) is 13.2. The van der Waals surface area contributed by atoms with Crippen molar-refractivity contribution in [1.29, 1.82) is 0 Å². The Hall–Kier alpha value is -1.26. The molecule has 0 unspecified atom stereocenters. The van der Waals surface area contributed by atoms with Gasteiger partial charge in [-0.3, -0.25) is 4.79 Å². The second-order valence-corrected chi connectivity index (χ2v) is 4.76. The number of carbonyl (C=O) groups is 1. The molecule has 2 rings (SSSR count). The summed E-state index contributed by atoms with van der Waals surface area (Å²) in [5.74, 6) is 0.668. The van der Waals surface area contributed by atoms with Crippen molar-refractivity contribution in [2.45, 2.75) is 25.4 Å². The van der Waals surface area contributed by atoms with Crippen molar-refractivity contribution in [2.24, 2.45) is 0 Å². The smallest absolute Gasteiger partial charge is 0.234 e. The highest BCUT2D eigenvalue weighted by Gasteiger charge is 2.21. The van der Waals surface area contributed by atoms with Crippen LogP contribution in [-0.4, -0.2) is 25.6 Å². The normalized spacial score (nSPS) is 14.3. The first-order chi connectivity index (χ1) is 8.70. The molecule has 18 heavy (non-hydrogen) atoms. The maximum atomic E-state index is 11.6. The maximum Gasteiger partial charge on any atom is 0.234 e. The van der Waals surface area contributed by atoms with E-state index in [0.717, 1.165) is 5.56 Å². The van der Waals surface area contributed by atoms with Gasteiger partial charge in [0.1, 0.15) is 5.75 Å². The summed E-state index contributed by atoms with van der Waals surface area (Å²) < 4.78 is 5.22. The lowest BCUT2D eigenvalue weighted by atomic mass is 10.2. The fraction of sp³-hybridized carbons (Fsp3) is 0.462. The van der Waals surface area contributed by atoms with Gasteiger partial charge in [0.15, 0.2) is 0 Å². The summed E-state index contributed by atoms with van der Waals surface area (Å²) >= 11 is 6.08. The van der Waals surface area contributed by atoms with Crippen LogP contribution in [0.4, 0.5) is 0 Å². The number of nitrogens with one attached hydrogen (secondary N) is 2. The Morgan fingerprint density at radius 3 is 2.94 bits per heavy atom. The minimum Gasteiger partial charge on any atom is -0.496 e. The summed E-state index contributed by atoms with van der Waals surface area (Å²) in [4.78, 5) is 11.6. The van der Waals surface area contributed by atoms with E-state index in [1.165, 1.54) is 12.8 Å². The predicted molar refractivity (Wildman–Crippen MR) is 70.9 cm³/mol. The number of carbonyl (C=O) groups excluding carboxylic acids is 1. The van der Waals surface area contributed by atoms with Gasteiger partial charge in [0.25, 0.3) is 0 Å². The van der Waals surface area contributed by atoms with Gasteiger partial charge in [0.05, 0.1) is 13.7 Å². The molecule has 0 bridgehead atoms. The molecule has 0 atom stereocenters. The molecule has 0 spiro atoms. The predicted octanol–water partition coefficient (Wildman–Crippen LogP) is 1.72. The highest BCUT2D eigenvalue weighted by Crippen LogP contribution is 2.25. The summed E-state index contributed by atoms with van der Waals surface area (Å²) in [6.45, 7) is 0.742. The molecule has 0 aromatic heterocycles. The molecule has 1 aliphatic rings. The molecular formula is C13H17ClN2O2. The van der Waals surface area contributed by atoms with Gasteiger partial charge in [-0.05, 0) is 25.0 Å². The number of halogens is 1. The molecule has 98 valence electrons. The number of ether oxygens (including phenoxy) is 1. The number of benzene rings is 1. The quantitative estimate of drug-likeness (QED) is 0.826. The van der Waals surface area contributed by atoms with Crippen LogP contribution in [-0.2, 0) is 11.3 Å². The largest absolute Gasteiger partial charge is 0.496 e. The Kier molecular flexibility index (Phi) is 4.44. The zero-order valence-corrected chi connectivity index (χ0v) is 11.1. The zero-order chi connectivity index (χ0) is 13.0. The zero-order valence-electron chi connectivity index (χ0n) is 10.3. The van der Waals surface area contributed by atoms with E-state index in [2.05, 4.69) is 10.6 Å². The van der Waals surface area contributed by atoms with E-state index in [9.17, 15) is 4.79 Å². The lowest BCUT2D eigenvalue weighted by Gasteiger charge is -2.11. The minimum absolute atomic E-state index is 0.0242.